The first kappa shape index (κ1) is 110. The number of ether oxygens (including phenoxy) is 2. The Kier molecular flexibility index (Phi) is 52.6. The van der Waals surface area contributed by atoms with Gasteiger partial charge in [-0.2, -0.15) is 0 Å². The standard InChI is InChI=1S/C20H28N4O2S.C18H25ClN4S.C18H26N4OS.C12H11ClN2O2S.C8H18N2.C2H2FO3.CN.Al.Cl2OS.2K.Li.Na.4H/c1-4-26-20(25)14-9-10-15-16(14)17-18(21-11-22-19(17)27-15)23-12-5-7-13(8-6-12)24(2)3;1-23(2)13-6-4-12(5-7-13)22-17-16-15-11(9-19)3-8-14(15)24-18(16)21-10-20-17;1-22(2)13-6-4-12(5-7-13)21-17-16-15-11(9-23)3-8-14(15)24-18(16)20-10-19-17;1-2-17-12(16)6-3-4-7-8(6)9-10(13)14-5-15-11(9)18-7;1-10(2)8-5-3-7(9)4-6-8;3-1-5-6-2-4;1-2;;1-4(2)3;;;;;;;;/h11-14H,4-10H2,1-3H3,(H,21,22,23);10-13H,3-9H2,1-2H3,(H,20,21,22);10-13,23H,3-9H2,1-2H3,(H,19,20,21);5-6H,2-4H2,1H3;7-8H,3-6,9H2,1-2H3;1-2H;;;;;;;;;;;/q;;;;;2*-1;;;4*+1;;;;-1/i;;;;;2D;;;;;;;;;;;. The van der Waals surface area contributed by atoms with Crippen LogP contribution in [0.15, 0.2) is 25.3 Å². The van der Waals surface area contributed by atoms with Gasteiger partial charge in [-0.05, 0) is 259 Å². The molecular formula is C79H114AlCl4FK2LiN17NaO9S5+. The molecule has 120 heavy (non-hydrogen) atoms. The number of halogens is 5. The number of carbonyl (C=O) groups excluding carboxylic acids is 3. The zero-order chi connectivity index (χ0) is 83.9. The summed E-state index contributed by atoms with van der Waals surface area (Å²) < 4.78 is 36.1. The van der Waals surface area contributed by atoms with Gasteiger partial charge in [0.1, 0.15) is 67.2 Å². The molecule has 0 spiro atoms. The van der Waals surface area contributed by atoms with E-state index in [9.17, 15) is 23.9 Å². The molecule has 0 saturated heterocycles. The van der Waals surface area contributed by atoms with Crippen LogP contribution in [0, 0.1) is 18.7 Å². The number of hydrogen-bond acceptors (Lipinski definition) is 30. The number of esters is 2. The minimum absolute atomic E-state index is 0. The van der Waals surface area contributed by atoms with Crippen LogP contribution in [0.1, 0.15) is 210 Å². The molecule has 8 aromatic heterocycles. The Morgan fingerprint density at radius 2 is 0.875 bits per heavy atom. The van der Waals surface area contributed by atoms with Crippen molar-refractivity contribution in [3.63, 3.8) is 0 Å². The minimum atomic E-state index is -1.67. The van der Waals surface area contributed by atoms with Crippen LogP contribution in [0.5, 0.6) is 0 Å². The number of alkyl halides is 1. The molecule has 0 radical (unpaired) electrons. The largest absolute Gasteiger partial charge is 1.00 e. The number of nitrogens with zero attached hydrogens (tertiary/aromatic N) is 13. The molecule has 6 N–H and O–H groups in total. The average molecular weight is 1900 g/mol. The van der Waals surface area contributed by atoms with Gasteiger partial charge in [0.15, 0.2) is 18.7 Å². The third kappa shape index (κ3) is 30.7. The van der Waals surface area contributed by atoms with Crippen LogP contribution in [0.4, 0.5) is 21.8 Å². The molecule has 8 aromatic rings. The zero-order valence-electron chi connectivity index (χ0n) is 73.1. The molecular weight excluding hydrogens is 1790 g/mol. The van der Waals surface area contributed by atoms with Gasteiger partial charge in [-0.25, -0.2) is 44.1 Å². The summed E-state index contributed by atoms with van der Waals surface area (Å²) in [4.78, 5) is 94.4. The number of anilines is 3. The Bertz CT molecular complexity index is 4430. The van der Waals surface area contributed by atoms with E-state index in [-0.39, 0.29) is 213 Å². The van der Waals surface area contributed by atoms with Crippen LogP contribution in [0.25, 0.3) is 40.9 Å². The molecule has 4 saturated carbocycles. The van der Waals surface area contributed by atoms with E-state index in [4.69, 9.17) is 55.8 Å². The summed E-state index contributed by atoms with van der Waals surface area (Å²) in [5.41, 5.74) is 10.6. The molecule has 41 heteroatoms. The predicted molar refractivity (Wildman–Crippen MR) is 473 cm³/mol. The van der Waals surface area contributed by atoms with Crippen molar-refractivity contribution in [2.24, 2.45) is 5.73 Å². The third-order valence-corrected chi connectivity index (χ3v) is 28.4. The fourth-order valence-electron chi connectivity index (χ4n) is 17.1. The number of nitrogens with two attached hydrogens (primary N) is 1. The molecule has 0 aliphatic heterocycles. The number of rotatable bonds is 18. The van der Waals surface area contributed by atoms with Gasteiger partial charge < -0.3 is 83.3 Å². The second-order valence-corrected chi connectivity index (χ2v) is 38.2. The number of aryl methyl sites for hydroxylation is 4. The molecule has 4 unspecified atom stereocenters. The SMILES string of the molecule is CCOC(=O)C1CCc2sc3ncnc(Cl)c3c21.CCOC(=O)C1CCc2sc3ncnc(NC4CCC(N(C)C)CC4)c3c21.CN(C)C1CCC(N)CC1.CN(C)C1CCC(Nc2ncnc3sc4c(c23)C(CCl)CC4)CC1.CN(C)C1CCC(Nc2ncnc3sc4c(c23)C(CO)CC4)CC1.O=S(Cl)Cl.[2H]C(=O)OO[CH-]F.[AlH3].[C-]#N.[H-].[K+].[K+].[Li+].[Na+]. The quantitative estimate of drug-likeness (QED) is 0.00949. The maximum absolute atomic E-state index is 12.5. The molecule has 8 aliphatic rings. The van der Waals surface area contributed by atoms with Crippen molar-refractivity contribution in [1.82, 2.24) is 59.5 Å². The van der Waals surface area contributed by atoms with E-state index in [1.807, 2.05) is 25.2 Å². The molecule has 26 nitrogen and oxygen atoms in total. The molecule has 0 amide bonds. The summed E-state index contributed by atoms with van der Waals surface area (Å²) in [6.45, 7) is 9.13. The minimum Gasteiger partial charge on any atom is -1.00 e. The summed E-state index contributed by atoms with van der Waals surface area (Å²) in [5, 5.41) is 31.8. The molecule has 4 fully saturated rings. The van der Waals surface area contributed by atoms with Crippen molar-refractivity contribution >= 4 is 193 Å². The van der Waals surface area contributed by atoms with Gasteiger partial charge in [0.2, 0.25) is 9.23 Å². The number of nitrogens with one attached hydrogen (secondary N) is 3. The van der Waals surface area contributed by atoms with Crippen molar-refractivity contribution in [1.29, 1.82) is 5.26 Å². The van der Waals surface area contributed by atoms with E-state index in [1.54, 1.807) is 53.0 Å². The van der Waals surface area contributed by atoms with E-state index in [1.165, 1.54) is 144 Å². The summed E-state index contributed by atoms with van der Waals surface area (Å²) in [5.74, 6) is 3.64. The molecule has 0 aromatic carbocycles. The Morgan fingerprint density at radius 3 is 1.19 bits per heavy atom. The van der Waals surface area contributed by atoms with Gasteiger partial charge in [0, 0.05) is 101 Å². The molecule has 16 rings (SSSR count). The summed E-state index contributed by atoms with van der Waals surface area (Å²) in [6, 6.07) is 4.81. The zero-order valence-corrected chi connectivity index (χ0v) is 86.5. The number of aliphatic hydroxyl groups is 1. The first-order chi connectivity index (χ1) is 55.8. The second kappa shape index (κ2) is 57.2. The van der Waals surface area contributed by atoms with Crippen molar-refractivity contribution in [2.75, 3.05) is 98.0 Å². The van der Waals surface area contributed by atoms with Gasteiger partial charge in [-0.3, -0.25) is 14.4 Å². The van der Waals surface area contributed by atoms with Gasteiger partial charge in [-0.15, -0.1) is 56.9 Å². The number of carbonyl (C=O) groups is 3. The summed E-state index contributed by atoms with van der Waals surface area (Å²) in [6.07, 6.45) is 32.3. The van der Waals surface area contributed by atoms with Gasteiger partial charge in [0.05, 0.1) is 53.2 Å². The first-order valence-corrected chi connectivity index (χ1v) is 46.5. The summed E-state index contributed by atoms with van der Waals surface area (Å²) in [7, 11) is 24.7. The average Bonchev–Trinajstić information content (AvgIpc) is 1.64. The van der Waals surface area contributed by atoms with Crippen LogP contribution >= 0.6 is 89.9 Å². The molecule has 640 valence electrons. The predicted octanol–water partition coefficient (Wildman–Crippen LogP) is 2.83. The normalized spacial score (nSPS) is 22.8. The smallest absolute Gasteiger partial charge is 1.00 e. The Labute approximate surface area is 876 Å². The molecule has 4 atom stereocenters. The van der Waals surface area contributed by atoms with Crippen LogP contribution in [-0.2, 0) is 68.5 Å². The third-order valence-electron chi connectivity index (χ3n) is 23.1. The molecule has 8 heterocycles. The fraction of sp³-hybridized carbons (Fsp3) is 0.633. The topological polar surface area (TPSA) is 327 Å². The van der Waals surface area contributed by atoms with E-state index in [0.717, 1.165) is 129 Å². The van der Waals surface area contributed by atoms with Crippen molar-refractivity contribution in [3.05, 3.63) is 85.7 Å². The first-order valence-electron chi connectivity index (χ1n) is 40.0. The maximum Gasteiger partial charge on any atom is 1.00 e. The van der Waals surface area contributed by atoms with Gasteiger partial charge in [-0.1, -0.05) is 11.6 Å². The number of fused-ring (bicyclic) bond motifs is 12. The number of aliphatic hydroxyl groups excluding tert-OH is 1. The number of aromatic nitrogens is 8. The van der Waals surface area contributed by atoms with Crippen LogP contribution in [-0.4, -0.2) is 235 Å². The summed E-state index contributed by atoms with van der Waals surface area (Å²) >= 11 is 19.3. The fourth-order valence-corrected chi connectivity index (χ4v) is 22.6. The molecule has 0 bridgehead atoms. The molecule has 8 aliphatic carbocycles. The van der Waals surface area contributed by atoms with E-state index in [0.29, 0.717) is 66.4 Å². The van der Waals surface area contributed by atoms with Crippen LogP contribution in [0.3, 0.4) is 0 Å². The van der Waals surface area contributed by atoms with Crippen LogP contribution < -0.4 is 173 Å². The van der Waals surface area contributed by atoms with E-state index < -0.39 is 15.7 Å². The van der Waals surface area contributed by atoms with Gasteiger partial charge >= 0.3 is 170 Å². The Balaban J connectivity index is 0.000000383. The van der Waals surface area contributed by atoms with Gasteiger partial charge in [0.25, 0.3) is 0 Å². The number of thiophene rings is 4. The Hall–Kier alpha value is -0.177. The second-order valence-electron chi connectivity index (χ2n) is 30.7. The van der Waals surface area contributed by atoms with Crippen molar-refractivity contribution in [3.8, 4) is 0 Å². The Morgan fingerprint density at radius 1 is 0.575 bits per heavy atom. The van der Waals surface area contributed by atoms with Crippen LogP contribution in [0.2, 0.25) is 5.15 Å². The van der Waals surface area contributed by atoms with E-state index >= 15 is 0 Å². The number of hydrogen-bond donors (Lipinski definition) is 5. The van der Waals surface area contributed by atoms with Crippen molar-refractivity contribution < 1.29 is 201 Å². The maximum atomic E-state index is 12.5. The van der Waals surface area contributed by atoms with E-state index in [2.05, 4.69) is 163 Å². The monoisotopic (exact) mass is 1900 g/mol. The van der Waals surface area contributed by atoms with Crippen molar-refractivity contribution in [2.45, 2.75) is 240 Å².